The molecule has 3 fully saturated rings. The molecule has 0 radical (unpaired) electrons. The van der Waals surface area contributed by atoms with Crippen LogP contribution < -0.4 is 10.6 Å². The lowest BCUT2D eigenvalue weighted by Gasteiger charge is -2.44. The van der Waals surface area contributed by atoms with Crippen molar-refractivity contribution in [2.24, 2.45) is 0 Å². The Morgan fingerprint density at radius 3 is 2.21 bits per heavy atom. The zero-order chi connectivity index (χ0) is 50.8. The number of hydrogen-bond donors (Lipinski definition) is 3. The van der Waals surface area contributed by atoms with Crippen LogP contribution in [-0.2, 0) is 54.7 Å². The number of morpholine rings is 1. The minimum Gasteiger partial charge on any atom is -0.508 e. The smallest absolute Gasteiger partial charge is 0.258 e. The number of ether oxygens (including phenoxy) is 5. The van der Waals surface area contributed by atoms with Gasteiger partial charge in [0.25, 0.3) is 5.91 Å². The summed E-state index contributed by atoms with van der Waals surface area (Å²) in [5, 5.41) is 21.0. The molecule has 4 N–H and O–H groups in total. The van der Waals surface area contributed by atoms with Gasteiger partial charge in [-0.1, -0.05) is 32.0 Å². The maximum absolute atomic E-state index is 14.7. The van der Waals surface area contributed by atoms with Crippen molar-refractivity contribution in [2.45, 2.75) is 52.0 Å². The zero-order valence-electron chi connectivity index (χ0n) is 42.2. The van der Waals surface area contributed by atoms with Gasteiger partial charge in [-0.05, 0) is 40.3 Å². The summed E-state index contributed by atoms with van der Waals surface area (Å²) in [6.45, 7) is 17.8. The predicted molar refractivity (Wildman–Crippen MR) is 277 cm³/mol. The van der Waals surface area contributed by atoms with E-state index < -0.39 is 0 Å². The highest BCUT2D eigenvalue weighted by atomic mass is 32.1. The summed E-state index contributed by atoms with van der Waals surface area (Å²) >= 11 is 1.70. The largest absolute Gasteiger partial charge is 0.508 e. The Bertz CT molecular complexity index is 2660. The third kappa shape index (κ3) is 13.0. The average molecular weight is 1020 g/mol. The number of rotatable bonds is 21. The van der Waals surface area contributed by atoms with Crippen LogP contribution >= 0.6 is 11.3 Å². The number of aromatic hydroxyl groups is 2. The van der Waals surface area contributed by atoms with E-state index in [9.17, 15) is 19.8 Å². The van der Waals surface area contributed by atoms with E-state index >= 15 is 0 Å². The number of nitrogens with zero attached hydrogens (tertiary/aromatic N) is 10. The number of hydrogen-bond acceptors (Lipinski definition) is 19. The molecule has 7 heterocycles. The molecule has 9 rings (SSSR count). The van der Waals surface area contributed by atoms with E-state index in [2.05, 4.69) is 53.8 Å². The Morgan fingerprint density at radius 2 is 1.48 bits per heavy atom. The molecule has 0 unspecified atom stereocenters. The van der Waals surface area contributed by atoms with E-state index in [-0.39, 0.29) is 46.8 Å². The maximum Gasteiger partial charge on any atom is 0.258 e. The van der Waals surface area contributed by atoms with Crippen LogP contribution in [0.3, 0.4) is 0 Å². The summed E-state index contributed by atoms with van der Waals surface area (Å²) in [4.78, 5) is 61.0. The number of carbonyl (C=O) groups excluding carboxylic acids is 2. The molecule has 4 aliphatic heterocycles. The van der Waals surface area contributed by atoms with Gasteiger partial charge in [-0.25, -0.2) is 19.9 Å². The first kappa shape index (κ1) is 52.3. The summed E-state index contributed by atoms with van der Waals surface area (Å²) in [7, 11) is 1.65. The number of piperazine rings is 2. The monoisotopic (exact) mass is 1020 g/mol. The van der Waals surface area contributed by atoms with Gasteiger partial charge in [0.1, 0.15) is 17.5 Å². The topological polar surface area (TPSA) is 218 Å². The molecule has 4 aliphatic rings. The van der Waals surface area contributed by atoms with Crippen molar-refractivity contribution >= 4 is 45.1 Å². The van der Waals surface area contributed by atoms with Crippen molar-refractivity contribution < 1.29 is 43.5 Å². The first-order valence-electron chi connectivity index (χ1n) is 25.4. The van der Waals surface area contributed by atoms with Gasteiger partial charge in [0.15, 0.2) is 11.6 Å². The number of thiophene rings is 1. The number of phenols is 2. The molecule has 0 spiro atoms. The second-order valence-corrected chi connectivity index (χ2v) is 20.4. The molecule has 0 saturated carbocycles. The van der Waals surface area contributed by atoms with Crippen molar-refractivity contribution in [3.8, 4) is 22.9 Å². The normalized spacial score (nSPS) is 18.1. The van der Waals surface area contributed by atoms with Gasteiger partial charge in [0, 0.05) is 122 Å². The molecule has 73 heavy (non-hydrogen) atoms. The molecule has 3 aromatic heterocycles. The molecule has 5 aromatic rings. The van der Waals surface area contributed by atoms with E-state index in [1.807, 2.05) is 18.7 Å². The number of methoxy groups -OCH3 is 1. The molecular formula is C52H69N11O9S. The summed E-state index contributed by atoms with van der Waals surface area (Å²) in [5.74, 6) is 1.23. The fourth-order valence-corrected chi connectivity index (χ4v) is 11.1. The number of amides is 2. The van der Waals surface area contributed by atoms with E-state index in [0.717, 1.165) is 83.4 Å². The molecule has 20 nitrogen and oxygen atoms in total. The zero-order valence-corrected chi connectivity index (χ0v) is 43.1. The SMILES string of the molecule is COCCOCCOCCOCCN1CCN(Cc2cc3nc(-c4cnc(N)nc4)nc(N4CCOCC4)c3s2)C[C@H]1C(=O)N1CCN(Cc2ccc3c(c2)CN(C(=O)c2cc(C(C)C)c(O)cc2O)C3)CC1. The molecule has 2 amide bonds. The first-order chi connectivity index (χ1) is 35.5. The highest BCUT2D eigenvalue weighted by molar-refractivity contribution is 7.19. The lowest BCUT2D eigenvalue weighted by atomic mass is 9.98. The Balaban J connectivity index is 0.833. The third-order valence-corrected chi connectivity index (χ3v) is 15.1. The number of aromatic nitrogens is 4. The van der Waals surface area contributed by atoms with Crippen LogP contribution in [0.4, 0.5) is 11.8 Å². The van der Waals surface area contributed by atoms with Crippen LogP contribution in [-0.4, -0.2) is 205 Å². The van der Waals surface area contributed by atoms with Gasteiger partial charge in [-0.15, -0.1) is 11.3 Å². The lowest BCUT2D eigenvalue weighted by molar-refractivity contribution is -0.142. The Hall–Kier alpha value is -5.62. The quantitative estimate of drug-likeness (QED) is 0.0891. The van der Waals surface area contributed by atoms with Gasteiger partial charge in [0.2, 0.25) is 11.9 Å². The van der Waals surface area contributed by atoms with Crippen LogP contribution in [0.2, 0.25) is 0 Å². The summed E-state index contributed by atoms with van der Waals surface area (Å²) in [5.41, 5.74) is 11.5. The molecule has 1 atom stereocenters. The van der Waals surface area contributed by atoms with E-state index in [1.54, 1.807) is 41.8 Å². The van der Waals surface area contributed by atoms with Crippen molar-refractivity contribution in [1.29, 1.82) is 0 Å². The number of phenolic OH excluding ortho intramolecular Hbond substituents is 2. The van der Waals surface area contributed by atoms with E-state index in [4.69, 9.17) is 39.4 Å². The Morgan fingerprint density at radius 1 is 0.781 bits per heavy atom. The van der Waals surface area contributed by atoms with Crippen LogP contribution in [0.15, 0.2) is 48.8 Å². The summed E-state index contributed by atoms with van der Waals surface area (Å²) in [6.07, 6.45) is 3.31. The molecule has 21 heteroatoms. The van der Waals surface area contributed by atoms with Gasteiger partial charge < -0.3 is 54.3 Å². The summed E-state index contributed by atoms with van der Waals surface area (Å²) < 4.78 is 28.9. The summed E-state index contributed by atoms with van der Waals surface area (Å²) in [6, 6.07) is 11.1. The van der Waals surface area contributed by atoms with Crippen molar-refractivity contribution in [3.63, 3.8) is 0 Å². The second-order valence-electron chi connectivity index (χ2n) is 19.3. The van der Waals surface area contributed by atoms with Crippen molar-refractivity contribution in [3.05, 3.63) is 81.5 Å². The minimum absolute atomic E-state index is 0.00680. The minimum atomic E-state index is -0.345. The molecule has 392 valence electrons. The highest BCUT2D eigenvalue weighted by Crippen LogP contribution is 2.37. The number of nitrogen functional groups attached to an aromatic ring is 1. The van der Waals surface area contributed by atoms with Crippen LogP contribution in [0, 0.1) is 0 Å². The van der Waals surface area contributed by atoms with Crippen LogP contribution in [0.1, 0.15) is 57.3 Å². The number of carbonyl (C=O) groups is 2. The van der Waals surface area contributed by atoms with Gasteiger partial charge in [-0.2, -0.15) is 0 Å². The Labute approximate surface area is 430 Å². The number of benzene rings is 2. The fraction of sp³-hybridized carbons (Fsp3) is 0.538. The number of anilines is 2. The lowest BCUT2D eigenvalue weighted by Crippen LogP contribution is -2.61. The first-order valence-corrected chi connectivity index (χ1v) is 26.2. The molecule has 3 saturated heterocycles. The van der Waals surface area contributed by atoms with Gasteiger partial charge in [0.05, 0.1) is 80.8 Å². The standard InChI is InChI=1S/C52H69N11O9S/c1-35(2)41-26-42(46(65)27-45(41)64)50(66)63-31-37-5-4-36(24-38(37)32-63)30-58-6-10-62(11-7-58)51(67)44-34-59(8-9-60(44)12-15-70-20-21-72-23-22-71-19-18-68-3)33-40-25-43-47(73-40)49(61-13-16-69-17-14-61)57-48(56-43)39-28-54-52(53)55-29-39/h4-5,24-29,35,44,64-65H,6-23,30-34H2,1-3H3,(H2,53,54,55)/t44-/m0/s1. The van der Waals surface area contributed by atoms with Crippen molar-refractivity contribution in [1.82, 2.24) is 44.4 Å². The third-order valence-electron chi connectivity index (χ3n) is 14.0. The average Bonchev–Trinajstić information content (AvgIpc) is 4.02. The van der Waals surface area contributed by atoms with Gasteiger partial charge >= 0.3 is 0 Å². The fourth-order valence-electron chi connectivity index (χ4n) is 9.91. The Kier molecular flexibility index (Phi) is 17.6. The predicted octanol–water partition coefficient (Wildman–Crippen LogP) is 3.78. The molecular weight excluding hydrogens is 955 g/mol. The maximum atomic E-state index is 14.7. The van der Waals surface area contributed by atoms with E-state index in [1.165, 1.54) is 6.07 Å². The second kappa shape index (κ2) is 24.6. The molecule has 2 aromatic carbocycles. The van der Waals surface area contributed by atoms with Crippen molar-refractivity contribution in [2.75, 3.05) is 143 Å². The van der Waals surface area contributed by atoms with Crippen LogP contribution in [0.5, 0.6) is 11.5 Å². The number of nitrogens with two attached hydrogens (primary N) is 1. The molecule has 0 bridgehead atoms. The highest BCUT2D eigenvalue weighted by Gasteiger charge is 2.37. The van der Waals surface area contributed by atoms with Gasteiger partial charge in [-0.3, -0.25) is 24.3 Å². The molecule has 0 aliphatic carbocycles. The number of fused-ring (bicyclic) bond motifs is 2. The van der Waals surface area contributed by atoms with E-state index in [0.29, 0.717) is 122 Å². The van der Waals surface area contributed by atoms with Crippen LogP contribution in [0.25, 0.3) is 21.6 Å².